The maximum atomic E-state index is 15.1. The van der Waals surface area contributed by atoms with Crippen molar-refractivity contribution in [2.75, 3.05) is 4.90 Å². The predicted octanol–water partition coefficient (Wildman–Crippen LogP) is 12.5. The van der Waals surface area contributed by atoms with Gasteiger partial charge in [0.15, 0.2) is 0 Å². The predicted molar refractivity (Wildman–Crippen MR) is 200 cm³/mol. The lowest BCUT2D eigenvalue weighted by Crippen LogP contribution is -2.30. The standard InChI is InChI=1S/C45H31FN2/c1-45(2)39-18-10-11-19-42(39)47(29-12-4-3-5-13-29)44-26-38-37-24-28(46)20-23-41(37)48(43(38)27-40(44)45)30-21-22-35-33-16-7-6-14-31(33)32-15-8-9-17-34(32)36(35)25-30/h3-27H,1-2H3. The minimum atomic E-state index is -0.267. The van der Waals surface area contributed by atoms with Crippen molar-refractivity contribution in [3.05, 3.63) is 169 Å². The first-order valence-corrected chi connectivity index (χ1v) is 16.6. The van der Waals surface area contributed by atoms with Crippen LogP contribution in [-0.2, 0) is 5.41 Å². The van der Waals surface area contributed by atoms with Crippen molar-refractivity contribution >= 4 is 71.2 Å². The molecule has 0 saturated carbocycles. The van der Waals surface area contributed by atoms with E-state index in [1.807, 2.05) is 6.07 Å². The van der Waals surface area contributed by atoms with Crippen LogP contribution in [0.1, 0.15) is 25.0 Å². The molecule has 0 N–H and O–H groups in total. The maximum absolute atomic E-state index is 15.1. The highest BCUT2D eigenvalue weighted by Gasteiger charge is 2.37. The second-order valence-electron chi connectivity index (χ2n) is 13.5. The molecule has 10 rings (SSSR count). The number of rotatable bonds is 2. The van der Waals surface area contributed by atoms with E-state index in [-0.39, 0.29) is 11.2 Å². The van der Waals surface area contributed by atoms with Crippen LogP contribution >= 0.6 is 0 Å². The minimum Gasteiger partial charge on any atom is -0.310 e. The van der Waals surface area contributed by atoms with Crippen LogP contribution < -0.4 is 4.90 Å². The minimum absolute atomic E-state index is 0.235. The molecule has 8 aromatic carbocycles. The van der Waals surface area contributed by atoms with Crippen molar-refractivity contribution < 1.29 is 4.39 Å². The Morgan fingerprint density at radius 3 is 1.75 bits per heavy atom. The Morgan fingerprint density at radius 1 is 0.417 bits per heavy atom. The Balaban J connectivity index is 1.32. The molecular formula is C45H31FN2. The molecule has 0 radical (unpaired) electrons. The van der Waals surface area contributed by atoms with E-state index >= 15 is 4.39 Å². The van der Waals surface area contributed by atoms with Gasteiger partial charge in [0.2, 0.25) is 0 Å². The molecule has 3 heteroatoms. The van der Waals surface area contributed by atoms with Crippen LogP contribution in [0.4, 0.5) is 21.5 Å². The van der Waals surface area contributed by atoms with Crippen LogP contribution in [0.2, 0.25) is 0 Å². The number of para-hydroxylation sites is 2. The third kappa shape index (κ3) is 3.67. The summed E-state index contributed by atoms with van der Waals surface area (Å²) in [7, 11) is 0. The molecular weight excluding hydrogens is 588 g/mol. The number of hydrogen-bond donors (Lipinski definition) is 0. The first-order chi connectivity index (χ1) is 23.5. The third-order valence-corrected chi connectivity index (χ3v) is 10.6. The molecule has 1 aliphatic rings. The summed E-state index contributed by atoms with van der Waals surface area (Å²) in [5.41, 5.74) is 8.75. The Morgan fingerprint density at radius 2 is 1.02 bits per heavy atom. The first kappa shape index (κ1) is 27.2. The molecule has 0 atom stereocenters. The number of nitrogens with zero attached hydrogens (tertiary/aromatic N) is 2. The van der Waals surface area contributed by atoms with Crippen LogP contribution in [-0.4, -0.2) is 4.57 Å². The van der Waals surface area contributed by atoms with Gasteiger partial charge in [-0.3, -0.25) is 0 Å². The second-order valence-corrected chi connectivity index (χ2v) is 13.5. The average molecular weight is 619 g/mol. The second kappa shape index (κ2) is 9.79. The quantitative estimate of drug-likeness (QED) is 0.175. The number of halogens is 1. The SMILES string of the molecule is CC1(C)c2ccccc2N(c2ccccc2)c2cc3c4cc(F)ccc4n(-c4ccc5c6ccccc6c6ccccc6c5c4)c3cc21. The summed E-state index contributed by atoms with van der Waals surface area (Å²) in [6.45, 7) is 4.64. The van der Waals surface area contributed by atoms with E-state index < -0.39 is 0 Å². The van der Waals surface area contributed by atoms with E-state index in [1.54, 1.807) is 12.1 Å². The molecule has 0 bridgehead atoms. The van der Waals surface area contributed by atoms with E-state index in [9.17, 15) is 0 Å². The Kier molecular flexibility index (Phi) is 5.55. The molecule has 1 aromatic heterocycles. The van der Waals surface area contributed by atoms with Crippen molar-refractivity contribution in [2.45, 2.75) is 19.3 Å². The van der Waals surface area contributed by atoms with Gasteiger partial charge in [0.05, 0.1) is 22.4 Å². The van der Waals surface area contributed by atoms with Gasteiger partial charge in [-0.25, -0.2) is 4.39 Å². The van der Waals surface area contributed by atoms with E-state index in [0.29, 0.717) is 0 Å². The van der Waals surface area contributed by atoms with Crippen molar-refractivity contribution in [1.29, 1.82) is 0 Å². The van der Waals surface area contributed by atoms with Gasteiger partial charge in [0, 0.05) is 27.6 Å². The molecule has 0 fully saturated rings. The number of aromatic nitrogens is 1. The number of anilines is 3. The zero-order valence-electron chi connectivity index (χ0n) is 26.7. The molecule has 9 aromatic rings. The van der Waals surface area contributed by atoms with E-state index in [1.165, 1.54) is 49.1 Å². The van der Waals surface area contributed by atoms with Crippen molar-refractivity contribution in [3.8, 4) is 5.69 Å². The monoisotopic (exact) mass is 618 g/mol. The molecule has 0 saturated heterocycles. The zero-order valence-corrected chi connectivity index (χ0v) is 26.7. The molecule has 1 aliphatic heterocycles. The summed E-state index contributed by atoms with van der Waals surface area (Å²) in [5, 5.41) is 9.36. The van der Waals surface area contributed by atoms with Crippen LogP contribution in [0.15, 0.2) is 152 Å². The van der Waals surface area contributed by atoms with Crippen LogP contribution in [0.5, 0.6) is 0 Å². The van der Waals surface area contributed by atoms with Crippen LogP contribution in [0.25, 0.3) is 59.8 Å². The Bertz CT molecular complexity index is 2740. The Labute approximate surface area is 277 Å². The molecule has 0 unspecified atom stereocenters. The van der Waals surface area contributed by atoms with Crippen LogP contribution in [0.3, 0.4) is 0 Å². The molecule has 0 aliphatic carbocycles. The highest BCUT2D eigenvalue weighted by molar-refractivity contribution is 6.25. The molecule has 0 amide bonds. The smallest absolute Gasteiger partial charge is 0.123 e. The summed E-state index contributed by atoms with van der Waals surface area (Å²) in [4.78, 5) is 2.37. The van der Waals surface area contributed by atoms with Crippen molar-refractivity contribution in [3.63, 3.8) is 0 Å². The van der Waals surface area contributed by atoms with E-state index in [4.69, 9.17) is 0 Å². The maximum Gasteiger partial charge on any atom is 0.123 e. The lowest BCUT2D eigenvalue weighted by atomic mass is 9.73. The fourth-order valence-corrected chi connectivity index (χ4v) is 8.35. The lowest BCUT2D eigenvalue weighted by molar-refractivity contribution is 0.629. The topological polar surface area (TPSA) is 8.17 Å². The van der Waals surface area contributed by atoms with E-state index in [0.717, 1.165) is 38.9 Å². The van der Waals surface area contributed by atoms with Gasteiger partial charge in [-0.15, -0.1) is 0 Å². The first-order valence-electron chi connectivity index (χ1n) is 16.6. The van der Waals surface area contributed by atoms with Gasteiger partial charge in [0.25, 0.3) is 0 Å². The van der Waals surface area contributed by atoms with Gasteiger partial charge in [-0.2, -0.15) is 0 Å². The normalized spacial score (nSPS) is 13.9. The zero-order chi connectivity index (χ0) is 32.1. The largest absolute Gasteiger partial charge is 0.310 e. The summed E-state index contributed by atoms with van der Waals surface area (Å²) < 4.78 is 17.4. The molecule has 0 spiro atoms. The fraction of sp³-hybridized carbons (Fsp3) is 0.0667. The molecule has 2 heterocycles. The lowest BCUT2D eigenvalue weighted by Gasteiger charge is -2.42. The van der Waals surface area contributed by atoms with Crippen molar-refractivity contribution in [1.82, 2.24) is 4.57 Å². The molecule has 48 heavy (non-hydrogen) atoms. The molecule has 2 nitrogen and oxygen atoms in total. The number of hydrogen-bond acceptors (Lipinski definition) is 1. The average Bonchev–Trinajstić information content (AvgIpc) is 3.44. The third-order valence-electron chi connectivity index (χ3n) is 10.6. The number of benzene rings is 8. The van der Waals surface area contributed by atoms with Gasteiger partial charge in [-0.1, -0.05) is 105 Å². The summed E-state index contributed by atoms with van der Waals surface area (Å²) in [6, 6.07) is 53.3. The van der Waals surface area contributed by atoms with Crippen LogP contribution in [0, 0.1) is 5.82 Å². The van der Waals surface area contributed by atoms with Gasteiger partial charge in [0.1, 0.15) is 5.82 Å². The summed E-state index contributed by atoms with van der Waals surface area (Å²) >= 11 is 0. The van der Waals surface area contributed by atoms with Gasteiger partial charge < -0.3 is 9.47 Å². The number of fused-ring (bicyclic) bond motifs is 11. The van der Waals surface area contributed by atoms with E-state index in [2.05, 4.69) is 157 Å². The van der Waals surface area contributed by atoms with Gasteiger partial charge >= 0.3 is 0 Å². The summed E-state index contributed by atoms with van der Waals surface area (Å²) in [5.74, 6) is -0.235. The highest BCUT2D eigenvalue weighted by atomic mass is 19.1. The van der Waals surface area contributed by atoms with Crippen molar-refractivity contribution in [2.24, 2.45) is 0 Å². The highest BCUT2D eigenvalue weighted by Crippen LogP contribution is 2.53. The Hall–Kier alpha value is -5.93. The molecule has 228 valence electrons. The summed E-state index contributed by atoms with van der Waals surface area (Å²) in [6.07, 6.45) is 0. The fourth-order valence-electron chi connectivity index (χ4n) is 8.35. The van der Waals surface area contributed by atoms with Gasteiger partial charge in [-0.05, 0) is 104 Å².